The molecule has 2 amide bonds. The normalized spacial score (nSPS) is 20.8. The van der Waals surface area contributed by atoms with Gasteiger partial charge in [0.1, 0.15) is 41.1 Å². The van der Waals surface area contributed by atoms with Crippen LogP contribution in [0.3, 0.4) is 0 Å². The molecule has 2 aromatic heterocycles. The largest absolute Gasteiger partial charge is 0.461 e. The van der Waals surface area contributed by atoms with E-state index in [0.29, 0.717) is 47.0 Å². The van der Waals surface area contributed by atoms with E-state index >= 15 is 8.78 Å². The van der Waals surface area contributed by atoms with Crippen LogP contribution in [0.2, 0.25) is 5.02 Å². The first-order valence-electron chi connectivity index (χ1n) is 19.2. The number of rotatable bonds is 9. The number of halogens is 4. The zero-order valence-electron chi connectivity index (χ0n) is 33.5. The van der Waals surface area contributed by atoms with Crippen LogP contribution >= 0.6 is 22.9 Å². The summed E-state index contributed by atoms with van der Waals surface area (Å²) >= 11 is 7.63. The molecule has 1 N–H and O–H groups in total. The summed E-state index contributed by atoms with van der Waals surface area (Å²) in [5, 5.41) is 3.44. The number of carbonyl (C=O) groups excluding carboxylic acids is 2. The van der Waals surface area contributed by atoms with Gasteiger partial charge in [0.15, 0.2) is 5.82 Å². The Hall–Kier alpha value is -3.99. The molecule has 1 aliphatic carbocycles. The zero-order chi connectivity index (χ0) is 41.2. The number of imide groups is 1. The maximum atomic E-state index is 17.3. The number of hydrogen-bond donors (Lipinski definition) is 1. The number of nitrogens with one attached hydrogen (secondary N) is 1. The summed E-state index contributed by atoms with van der Waals surface area (Å²) in [5.74, 6) is -1.25. The minimum atomic E-state index is -1.09. The smallest absolute Gasteiger partial charge is 0.426 e. The third kappa shape index (κ3) is 8.06. The van der Waals surface area contributed by atoms with Gasteiger partial charge in [-0.05, 0) is 112 Å². The quantitative estimate of drug-likeness (QED) is 0.174. The van der Waals surface area contributed by atoms with E-state index in [1.165, 1.54) is 6.07 Å². The number of thiazole rings is 1. The van der Waals surface area contributed by atoms with Crippen LogP contribution in [0.25, 0.3) is 32.2 Å². The monoisotopic (exact) mass is 831 g/mol. The van der Waals surface area contributed by atoms with Gasteiger partial charge in [-0.25, -0.2) is 27.7 Å². The molecule has 3 aliphatic rings. The van der Waals surface area contributed by atoms with Crippen molar-refractivity contribution in [3.63, 3.8) is 0 Å². The summed E-state index contributed by atoms with van der Waals surface area (Å²) in [5.41, 5.74) is -2.84. The van der Waals surface area contributed by atoms with Crippen LogP contribution in [0.15, 0.2) is 18.2 Å². The number of anilines is 2. The Bertz CT molecular complexity index is 2200. The van der Waals surface area contributed by atoms with Gasteiger partial charge < -0.3 is 24.4 Å². The van der Waals surface area contributed by atoms with Crippen molar-refractivity contribution in [3.05, 3.63) is 34.9 Å². The number of fused-ring (bicyclic) bond motifs is 3. The third-order valence-electron chi connectivity index (χ3n) is 11.0. The number of amides is 2. The van der Waals surface area contributed by atoms with Crippen molar-refractivity contribution in [1.82, 2.24) is 24.8 Å². The molecule has 0 bridgehead atoms. The molecule has 12 nitrogen and oxygen atoms in total. The lowest BCUT2D eigenvalue weighted by atomic mass is 9.75. The van der Waals surface area contributed by atoms with Crippen molar-refractivity contribution >= 4 is 67.2 Å². The second-order valence-corrected chi connectivity index (χ2v) is 18.9. The molecule has 2 aliphatic heterocycles. The summed E-state index contributed by atoms with van der Waals surface area (Å²) in [6.07, 6.45) is 1.89. The predicted molar refractivity (Wildman–Crippen MR) is 215 cm³/mol. The maximum absolute atomic E-state index is 17.3. The van der Waals surface area contributed by atoms with Gasteiger partial charge in [0, 0.05) is 41.6 Å². The first-order valence-corrected chi connectivity index (χ1v) is 20.4. The number of aromatic nitrogens is 3. The van der Waals surface area contributed by atoms with Gasteiger partial charge in [0.05, 0.1) is 20.8 Å². The van der Waals surface area contributed by atoms with E-state index in [1.54, 1.807) is 47.6 Å². The summed E-state index contributed by atoms with van der Waals surface area (Å²) in [6.45, 7) is 11.5. The topological polar surface area (TPSA) is 122 Å². The van der Waals surface area contributed by atoms with E-state index in [-0.39, 0.29) is 55.2 Å². The second kappa shape index (κ2) is 15.0. The first-order chi connectivity index (χ1) is 26.7. The van der Waals surface area contributed by atoms with Crippen LogP contribution in [0.1, 0.15) is 80.1 Å². The van der Waals surface area contributed by atoms with Crippen molar-refractivity contribution in [2.24, 2.45) is 0 Å². The maximum Gasteiger partial charge on any atom is 0.426 e. The van der Waals surface area contributed by atoms with Crippen molar-refractivity contribution in [2.75, 3.05) is 50.6 Å². The average molecular weight is 832 g/mol. The highest BCUT2D eigenvalue weighted by Gasteiger charge is 2.49. The van der Waals surface area contributed by atoms with Gasteiger partial charge in [-0.1, -0.05) is 22.9 Å². The fraction of sp³-hybridized carbons (Fsp3) is 0.575. The Morgan fingerprint density at radius 2 is 1.68 bits per heavy atom. The molecule has 0 unspecified atom stereocenters. The number of nitrogens with zero attached hydrogens (tertiary/aromatic N) is 6. The minimum Gasteiger partial charge on any atom is -0.461 e. The lowest BCUT2D eigenvalue weighted by Gasteiger charge is -2.47. The van der Waals surface area contributed by atoms with Gasteiger partial charge in [0.25, 0.3) is 0 Å². The molecule has 2 atom stereocenters. The molecule has 308 valence electrons. The van der Waals surface area contributed by atoms with Crippen molar-refractivity contribution < 1.29 is 37.0 Å². The molecule has 1 saturated carbocycles. The Labute approximate surface area is 339 Å². The molecular formula is C40H49ClF3N7O5S. The van der Waals surface area contributed by atoms with Crippen molar-refractivity contribution in [1.29, 1.82) is 0 Å². The van der Waals surface area contributed by atoms with E-state index in [2.05, 4.69) is 25.1 Å². The molecular weight excluding hydrogens is 783 g/mol. The highest BCUT2D eigenvalue weighted by molar-refractivity contribution is 7.22. The number of benzene rings is 2. The lowest BCUT2D eigenvalue weighted by Crippen LogP contribution is -2.54. The molecule has 0 spiro atoms. The van der Waals surface area contributed by atoms with Crippen LogP contribution in [0.5, 0.6) is 6.01 Å². The average Bonchev–Trinajstić information content (AvgIpc) is 3.76. The summed E-state index contributed by atoms with van der Waals surface area (Å²) in [4.78, 5) is 45.6. The highest BCUT2D eigenvalue weighted by Crippen LogP contribution is 2.45. The molecule has 3 fully saturated rings. The Balaban J connectivity index is 1.34. The number of alkyl halides is 1. The highest BCUT2D eigenvalue weighted by atomic mass is 35.5. The molecule has 4 aromatic rings. The number of ether oxygens (including phenoxy) is 3. The Kier molecular flexibility index (Phi) is 10.8. The van der Waals surface area contributed by atoms with E-state index in [4.69, 9.17) is 30.8 Å². The van der Waals surface area contributed by atoms with Crippen LogP contribution in [0.4, 0.5) is 33.7 Å². The number of likely N-dealkylation sites (N-methyl/N-ethyl adjacent to an activating group) is 1. The van der Waals surface area contributed by atoms with Gasteiger partial charge in [-0.15, -0.1) is 0 Å². The van der Waals surface area contributed by atoms with E-state index in [0.717, 1.165) is 44.7 Å². The van der Waals surface area contributed by atoms with E-state index < -0.39 is 46.7 Å². The molecule has 2 aromatic carbocycles. The van der Waals surface area contributed by atoms with Gasteiger partial charge in [-0.2, -0.15) is 14.9 Å². The van der Waals surface area contributed by atoms with Crippen LogP contribution in [-0.2, 0) is 9.47 Å². The SMILES string of the molecule is CN(C)C1(CNc2nc(OC[C@@]34CCCN3C[C@H](F)C4)nc3c(F)c(-c4ccc(F)c5sc(N(C(=O)OC(C)(C)C)C(=O)OC(C)(C)C)nc45)c(Cl)cc23)CCC1. The summed E-state index contributed by atoms with van der Waals surface area (Å²) in [7, 11) is 4.05. The Morgan fingerprint density at radius 3 is 2.30 bits per heavy atom. The van der Waals surface area contributed by atoms with Gasteiger partial charge in [-0.3, -0.25) is 4.90 Å². The number of hydrogen-bond acceptors (Lipinski definition) is 12. The fourth-order valence-corrected chi connectivity index (χ4v) is 9.26. The summed E-state index contributed by atoms with van der Waals surface area (Å²) < 4.78 is 64.7. The molecule has 7 rings (SSSR count). The molecule has 2 saturated heterocycles. The van der Waals surface area contributed by atoms with Crippen LogP contribution in [0, 0.1) is 11.6 Å². The van der Waals surface area contributed by atoms with E-state index in [1.807, 2.05) is 14.1 Å². The fourth-order valence-electron chi connectivity index (χ4n) is 7.99. The van der Waals surface area contributed by atoms with Crippen LogP contribution in [-0.4, -0.2) is 106 Å². The molecule has 0 radical (unpaired) electrons. The predicted octanol–water partition coefficient (Wildman–Crippen LogP) is 9.37. The Morgan fingerprint density at radius 1 is 1.00 bits per heavy atom. The standard InChI is InChI=1S/C40H49ClF3N7O5S/c1-37(2,3)55-35(52)51(36(53)56-38(4,5)6)34-47-30-23(11-12-26(43)31(30)57-34)27-25(41)17-24-29(28(27)44)46-33(48-32(24)45-20-39(49(7)8)13-9-14-39)54-21-40-15-10-16-50(40)19-22(42)18-40/h11-12,17,22H,9-10,13-16,18-21H2,1-8H3,(H,45,46,48)/t22-,40+/m1/s1. The van der Waals surface area contributed by atoms with E-state index in [9.17, 15) is 14.0 Å². The van der Waals surface area contributed by atoms with Gasteiger partial charge in [0.2, 0.25) is 5.13 Å². The minimum absolute atomic E-state index is 0.0367. The molecule has 57 heavy (non-hydrogen) atoms. The van der Waals surface area contributed by atoms with Gasteiger partial charge >= 0.3 is 18.2 Å². The molecule has 4 heterocycles. The second-order valence-electron chi connectivity index (χ2n) is 17.6. The van der Waals surface area contributed by atoms with Crippen molar-refractivity contribution in [2.45, 2.75) is 109 Å². The lowest BCUT2D eigenvalue weighted by molar-refractivity contribution is 0.0430. The first kappa shape index (κ1) is 41.2. The van der Waals surface area contributed by atoms with Crippen molar-refractivity contribution in [3.8, 4) is 17.1 Å². The zero-order valence-corrected chi connectivity index (χ0v) is 35.1. The third-order valence-corrected chi connectivity index (χ3v) is 12.4. The van der Waals surface area contributed by atoms with Crippen LogP contribution < -0.4 is 15.0 Å². The number of carbonyl (C=O) groups is 2. The molecule has 17 heteroatoms. The summed E-state index contributed by atoms with van der Waals surface area (Å²) in [6, 6.07) is 3.93.